The highest BCUT2D eigenvalue weighted by Crippen LogP contribution is 2.14. The van der Waals surface area contributed by atoms with Gasteiger partial charge < -0.3 is 10.2 Å². The molecule has 1 N–H and O–H groups in total. The van der Waals surface area contributed by atoms with Crippen molar-refractivity contribution >= 4 is 0 Å². The average molecular weight is 234 g/mol. The van der Waals surface area contributed by atoms with Gasteiger partial charge in [0.2, 0.25) is 0 Å². The molecule has 1 aromatic rings. The van der Waals surface area contributed by atoms with Crippen molar-refractivity contribution in [3.8, 4) is 0 Å². The zero-order valence-corrected chi connectivity index (χ0v) is 11.6. The van der Waals surface area contributed by atoms with Gasteiger partial charge in [0.15, 0.2) is 0 Å². The summed E-state index contributed by atoms with van der Waals surface area (Å²) in [5, 5.41) is 3.68. The summed E-state index contributed by atoms with van der Waals surface area (Å²) < 4.78 is 0. The van der Waals surface area contributed by atoms with Crippen LogP contribution in [0.25, 0.3) is 0 Å². The Morgan fingerprint density at radius 1 is 1.18 bits per heavy atom. The van der Waals surface area contributed by atoms with Crippen LogP contribution in [-0.4, -0.2) is 32.1 Å². The summed E-state index contributed by atoms with van der Waals surface area (Å²) in [6.45, 7) is 6.67. The Morgan fingerprint density at radius 3 is 2.35 bits per heavy atom. The molecule has 0 aliphatic rings. The molecule has 0 aliphatic carbocycles. The minimum absolute atomic E-state index is 0.431. The van der Waals surface area contributed by atoms with Crippen molar-refractivity contribution in [1.29, 1.82) is 0 Å². The Balaban J connectivity index is 2.61. The lowest BCUT2D eigenvalue weighted by molar-refractivity contribution is 0.328. The van der Waals surface area contributed by atoms with Gasteiger partial charge in [-0.05, 0) is 32.1 Å². The van der Waals surface area contributed by atoms with Crippen LogP contribution in [0, 0.1) is 5.92 Å². The Labute approximate surface area is 106 Å². The molecule has 2 heteroatoms. The summed E-state index contributed by atoms with van der Waals surface area (Å²) in [6.07, 6.45) is 1.23. The van der Waals surface area contributed by atoms with E-state index in [-0.39, 0.29) is 0 Å². The van der Waals surface area contributed by atoms with E-state index in [0.29, 0.717) is 6.04 Å². The van der Waals surface area contributed by atoms with E-state index in [0.717, 1.165) is 19.0 Å². The average Bonchev–Trinajstić information content (AvgIpc) is 2.34. The van der Waals surface area contributed by atoms with E-state index in [1.165, 1.54) is 12.0 Å². The largest absolute Gasteiger partial charge is 0.309 e. The topological polar surface area (TPSA) is 15.3 Å². The van der Waals surface area contributed by atoms with Crippen molar-refractivity contribution in [1.82, 2.24) is 10.2 Å². The maximum absolute atomic E-state index is 3.68. The predicted molar refractivity (Wildman–Crippen MR) is 75.2 cm³/mol. The molecular weight excluding hydrogens is 208 g/mol. The van der Waals surface area contributed by atoms with Crippen LogP contribution in [0.3, 0.4) is 0 Å². The van der Waals surface area contributed by atoms with Gasteiger partial charge in [-0.3, -0.25) is 0 Å². The van der Waals surface area contributed by atoms with Crippen LogP contribution in [0.15, 0.2) is 30.3 Å². The molecule has 0 spiro atoms. The molecule has 0 saturated carbocycles. The number of likely N-dealkylation sites (N-methyl/N-ethyl adjacent to an activating group) is 1. The molecule has 96 valence electrons. The Morgan fingerprint density at radius 2 is 1.82 bits per heavy atom. The predicted octanol–water partition coefficient (Wildman–Crippen LogP) is 2.93. The van der Waals surface area contributed by atoms with Gasteiger partial charge in [-0.15, -0.1) is 0 Å². The van der Waals surface area contributed by atoms with Crippen molar-refractivity contribution in [2.75, 3.05) is 27.2 Å². The zero-order valence-electron chi connectivity index (χ0n) is 11.6. The first kappa shape index (κ1) is 14.2. The summed E-state index contributed by atoms with van der Waals surface area (Å²) in [6, 6.07) is 11.1. The van der Waals surface area contributed by atoms with Crippen LogP contribution >= 0.6 is 0 Å². The molecular formula is C15H26N2. The molecule has 0 amide bonds. The lowest BCUT2D eigenvalue weighted by Crippen LogP contribution is -2.33. The maximum atomic E-state index is 3.68. The summed E-state index contributed by atoms with van der Waals surface area (Å²) in [4.78, 5) is 2.24. The number of hydrogen-bond acceptors (Lipinski definition) is 2. The second-order valence-corrected chi connectivity index (χ2v) is 5.15. The molecule has 0 aliphatic heterocycles. The number of nitrogens with one attached hydrogen (secondary N) is 1. The van der Waals surface area contributed by atoms with E-state index in [2.05, 4.69) is 68.5 Å². The van der Waals surface area contributed by atoms with E-state index < -0.39 is 0 Å². The van der Waals surface area contributed by atoms with Gasteiger partial charge in [0, 0.05) is 12.6 Å². The third-order valence-electron chi connectivity index (χ3n) is 3.16. The van der Waals surface area contributed by atoms with E-state index in [9.17, 15) is 0 Å². The first-order valence-electron chi connectivity index (χ1n) is 6.56. The third-order valence-corrected chi connectivity index (χ3v) is 3.16. The molecule has 0 heterocycles. The first-order valence-corrected chi connectivity index (χ1v) is 6.56. The van der Waals surface area contributed by atoms with Crippen molar-refractivity contribution in [3.05, 3.63) is 35.9 Å². The molecule has 2 atom stereocenters. The highest BCUT2D eigenvalue weighted by molar-refractivity contribution is 5.19. The van der Waals surface area contributed by atoms with Crippen LogP contribution in [-0.2, 0) is 0 Å². The standard InChI is InChI=1S/C15H26N2/c1-5-13(2)11-16-15(12-17(3)4)14-9-7-6-8-10-14/h6-10,13,15-16H,5,11-12H2,1-4H3. The van der Waals surface area contributed by atoms with E-state index >= 15 is 0 Å². The van der Waals surface area contributed by atoms with Crippen molar-refractivity contribution in [2.45, 2.75) is 26.3 Å². The smallest absolute Gasteiger partial charge is 0.0449 e. The number of hydrogen-bond donors (Lipinski definition) is 1. The molecule has 0 saturated heterocycles. The number of rotatable bonds is 7. The molecule has 17 heavy (non-hydrogen) atoms. The maximum Gasteiger partial charge on any atom is 0.0449 e. The summed E-state index contributed by atoms with van der Waals surface area (Å²) in [7, 11) is 4.25. The van der Waals surface area contributed by atoms with Crippen LogP contribution in [0.2, 0.25) is 0 Å². The van der Waals surface area contributed by atoms with Crippen LogP contribution in [0.4, 0.5) is 0 Å². The molecule has 1 aromatic carbocycles. The minimum Gasteiger partial charge on any atom is -0.309 e. The Bertz CT molecular complexity index is 295. The molecule has 1 rings (SSSR count). The molecule has 0 radical (unpaired) electrons. The molecule has 2 nitrogen and oxygen atoms in total. The molecule has 0 fully saturated rings. The van der Waals surface area contributed by atoms with Gasteiger partial charge in [-0.2, -0.15) is 0 Å². The molecule has 0 aromatic heterocycles. The monoisotopic (exact) mass is 234 g/mol. The SMILES string of the molecule is CCC(C)CNC(CN(C)C)c1ccccc1. The van der Waals surface area contributed by atoms with Gasteiger partial charge in [0.1, 0.15) is 0 Å². The second-order valence-electron chi connectivity index (χ2n) is 5.15. The summed E-state index contributed by atoms with van der Waals surface area (Å²) >= 11 is 0. The third kappa shape index (κ3) is 5.33. The lowest BCUT2D eigenvalue weighted by atomic mass is 10.0. The van der Waals surface area contributed by atoms with Crippen molar-refractivity contribution in [2.24, 2.45) is 5.92 Å². The highest BCUT2D eigenvalue weighted by Gasteiger charge is 2.12. The van der Waals surface area contributed by atoms with Gasteiger partial charge >= 0.3 is 0 Å². The van der Waals surface area contributed by atoms with Crippen molar-refractivity contribution in [3.63, 3.8) is 0 Å². The zero-order chi connectivity index (χ0) is 12.7. The normalized spacial score (nSPS) is 14.9. The van der Waals surface area contributed by atoms with Crippen LogP contribution in [0.5, 0.6) is 0 Å². The van der Waals surface area contributed by atoms with Crippen LogP contribution in [0.1, 0.15) is 31.9 Å². The first-order chi connectivity index (χ1) is 8.13. The Hall–Kier alpha value is -0.860. The second kappa shape index (κ2) is 7.46. The molecule has 0 bridgehead atoms. The fourth-order valence-corrected chi connectivity index (χ4v) is 1.83. The minimum atomic E-state index is 0.431. The quantitative estimate of drug-likeness (QED) is 0.780. The van der Waals surface area contributed by atoms with Crippen molar-refractivity contribution < 1.29 is 0 Å². The molecule has 2 unspecified atom stereocenters. The fraction of sp³-hybridized carbons (Fsp3) is 0.600. The number of benzene rings is 1. The number of nitrogens with zero attached hydrogens (tertiary/aromatic N) is 1. The van der Waals surface area contributed by atoms with Gasteiger partial charge in [-0.25, -0.2) is 0 Å². The van der Waals surface area contributed by atoms with Gasteiger partial charge in [0.05, 0.1) is 0 Å². The van der Waals surface area contributed by atoms with Gasteiger partial charge in [0.25, 0.3) is 0 Å². The van der Waals surface area contributed by atoms with E-state index in [1.54, 1.807) is 0 Å². The fourth-order valence-electron chi connectivity index (χ4n) is 1.83. The van der Waals surface area contributed by atoms with Gasteiger partial charge in [-0.1, -0.05) is 50.6 Å². The summed E-state index contributed by atoms with van der Waals surface area (Å²) in [5.74, 6) is 0.739. The van der Waals surface area contributed by atoms with E-state index in [4.69, 9.17) is 0 Å². The summed E-state index contributed by atoms with van der Waals surface area (Å²) in [5.41, 5.74) is 1.38. The Kier molecular flexibility index (Phi) is 6.23. The van der Waals surface area contributed by atoms with Crippen LogP contribution < -0.4 is 5.32 Å². The lowest BCUT2D eigenvalue weighted by Gasteiger charge is -2.24. The highest BCUT2D eigenvalue weighted by atomic mass is 15.1. The van der Waals surface area contributed by atoms with E-state index in [1.807, 2.05) is 0 Å².